The maximum Gasteiger partial charge on any atom is -0.147 e. The van der Waals surface area contributed by atoms with Crippen molar-refractivity contribution in [2.24, 2.45) is 0 Å². The van der Waals surface area contributed by atoms with Crippen LogP contribution in [0.2, 0.25) is 30.9 Å². The van der Waals surface area contributed by atoms with Crippen molar-refractivity contribution >= 4 is 35.1 Å². The van der Waals surface area contributed by atoms with Crippen LogP contribution in [0.5, 0.6) is 0 Å². The molecule has 1 nitrogen and oxygen atoms in total. The van der Waals surface area contributed by atoms with Crippen LogP contribution in [0.25, 0.3) is 0 Å². The molecule has 1 aliphatic carbocycles. The standard InChI is InChI=1S/C5H5.C4H4N.C4H9.6CH3.2ClH.H2Si.Zr/c2*1-2-4-5-3-1;1-4(2)3;;;;;;;;;;/h1-3H,4H2;1-3,5H;1-3H3;6*1H3;2*1H;1H2;. The van der Waals surface area contributed by atoms with Crippen LogP contribution in [0.15, 0.2) is 39.8 Å². The summed E-state index contributed by atoms with van der Waals surface area (Å²) in [6.45, 7) is 9.62. The first kappa shape index (κ1) is 24.4. The van der Waals surface area contributed by atoms with Crippen molar-refractivity contribution < 1.29 is 9.98 Å². The van der Waals surface area contributed by atoms with Crippen LogP contribution < -0.4 is 3.40 Å². The van der Waals surface area contributed by atoms with E-state index in [4.69, 9.17) is 0 Å². The fourth-order valence-electron chi connectivity index (χ4n) is 4.46. The van der Waals surface area contributed by atoms with Gasteiger partial charge in [0.2, 0.25) is 0 Å². The predicted octanol–water partition coefficient (Wildman–Crippen LogP) is 6.75. The number of nitrogens with one attached hydrogen (secondary N) is 1. The Kier molecular flexibility index (Phi) is 2.81. The average molecular weight is 473 g/mol. The van der Waals surface area contributed by atoms with E-state index in [0.29, 0.717) is 0 Å². The topological polar surface area (TPSA) is 15.8 Å². The molecule has 2 rings (SSSR count). The van der Waals surface area contributed by atoms with Gasteiger partial charge in [0.05, 0.1) is 0 Å². The SMILES string of the molecule is C[C](C)(C)[Zr]([CH3])([CH3])([CH3])([CH3])([CH3])([CH3])(=[SiH2])([C]1=CC=CC1)[c]1ccc[nH]1.Cl.Cl. The summed E-state index contributed by atoms with van der Waals surface area (Å²) in [6, 6.07) is 4.48. The molecule has 0 bridgehead atoms. The summed E-state index contributed by atoms with van der Waals surface area (Å²) in [4.78, 5) is 3.71. The van der Waals surface area contributed by atoms with Crippen molar-refractivity contribution in [1.29, 1.82) is 0 Å². The van der Waals surface area contributed by atoms with Gasteiger partial charge in [-0.05, 0) is 0 Å². The van der Waals surface area contributed by atoms with Gasteiger partial charge in [0.15, 0.2) is 0 Å². The summed E-state index contributed by atoms with van der Waals surface area (Å²) in [5.41, 5.74) is 0. The Morgan fingerprint density at radius 1 is 1.00 bits per heavy atom. The van der Waals surface area contributed by atoms with Crippen LogP contribution in [0.4, 0.5) is 0 Å². The van der Waals surface area contributed by atoms with E-state index in [1.165, 1.54) is 3.40 Å². The molecule has 0 fully saturated rings. The Labute approximate surface area is 147 Å². The maximum absolute atomic E-state index is 5.93. The number of hydrogen-bond acceptors (Lipinski definition) is 0. The van der Waals surface area contributed by atoms with Gasteiger partial charge in [-0.2, -0.15) is 0 Å². The summed E-state index contributed by atoms with van der Waals surface area (Å²) < 4.78 is 18.7. The molecule has 1 heterocycles. The molecule has 0 radical (unpaired) electrons. The van der Waals surface area contributed by atoms with Crippen molar-refractivity contribution in [1.82, 2.24) is 4.98 Å². The minimum absolute atomic E-state index is 0. The van der Waals surface area contributed by atoms with Crippen LogP contribution in [0.1, 0.15) is 27.2 Å². The third-order valence-corrected chi connectivity index (χ3v) is 75.4. The van der Waals surface area contributed by atoms with Gasteiger partial charge in [0.25, 0.3) is 0 Å². The smallest absolute Gasteiger partial charge is 0.147 e. The Morgan fingerprint density at radius 3 is 1.79 bits per heavy atom. The second kappa shape index (κ2) is 2.76. The molecular weight excluding hydrogens is 432 g/mol. The van der Waals surface area contributed by atoms with E-state index in [0.717, 1.165) is 6.42 Å². The van der Waals surface area contributed by atoms with Gasteiger partial charge in [0, 0.05) is 0 Å². The predicted molar refractivity (Wildman–Crippen MR) is 120 cm³/mol. The molecular formula is C19H40Cl2NSiZr. The molecule has 0 aromatic carbocycles. The van der Waals surface area contributed by atoms with E-state index < -0.39 is 9.98 Å². The molecule has 5 heteroatoms. The zero-order valence-corrected chi connectivity index (χ0v) is 22.7. The fourth-order valence-corrected chi connectivity index (χ4v) is 26.4. The Morgan fingerprint density at radius 2 is 1.50 bits per heavy atom. The van der Waals surface area contributed by atoms with Gasteiger partial charge in [-0.1, -0.05) is 0 Å². The first-order chi connectivity index (χ1) is 8.87. The van der Waals surface area contributed by atoms with Crippen LogP contribution in [0.3, 0.4) is 0 Å². The van der Waals surface area contributed by atoms with E-state index in [1.807, 2.05) is 0 Å². The van der Waals surface area contributed by atoms with Gasteiger partial charge < -0.3 is 0 Å². The van der Waals surface area contributed by atoms with E-state index in [-0.39, 0.29) is 27.9 Å². The van der Waals surface area contributed by atoms with Crippen molar-refractivity contribution in [3.8, 4) is 0 Å². The van der Waals surface area contributed by atoms with E-state index in [9.17, 15) is 0 Å². The van der Waals surface area contributed by atoms with Gasteiger partial charge in [-0.3, -0.25) is 0 Å². The van der Waals surface area contributed by atoms with Crippen molar-refractivity contribution in [2.75, 3.05) is 0 Å². The quantitative estimate of drug-likeness (QED) is 0.458. The summed E-state index contributed by atoms with van der Waals surface area (Å²) in [7, 11) is -5.93. The molecule has 0 saturated carbocycles. The van der Waals surface area contributed by atoms with Crippen LogP contribution in [-0.2, 0) is 9.98 Å². The zero-order chi connectivity index (χ0) is 17.6. The van der Waals surface area contributed by atoms with E-state index in [2.05, 4.69) is 97.0 Å². The molecule has 24 heavy (non-hydrogen) atoms. The Hall–Kier alpha value is 0.440. The second-order valence-electron chi connectivity index (χ2n) is 19.7. The molecule has 0 atom stereocenters. The number of rotatable bonds is 2. The summed E-state index contributed by atoms with van der Waals surface area (Å²) in [5, 5.41) is 0. The second-order valence-corrected chi connectivity index (χ2v) is 132. The van der Waals surface area contributed by atoms with Gasteiger partial charge in [-0.15, -0.1) is 24.8 Å². The molecule has 1 aromatic heterocycles. The maximum atomic E-state index is 3.71. The van der Waals surface area contributed by atoms with Gasteiger partial charge in [-0.25, -0.2) is 0 Å². The molecule has 0 saturated heterocycles. The normalized spacial score (nSPS) is 26.5. The number of H-pyrrole nitrogens is 1. The molecule has 143 valence electrons. The van der Waals surface area contributed by atoms with Crippen molar-refractivity contribution in [3.63, 3.8) is 0 Å². The summed E-state index contributed by atoms with van der Waals surface area (Å²) in [5.74, 6) is 0. The number of aromatic nitrogens is 1. The minimum Gasteiger partial charge on any atom is -0.147 e. The van der Waals surface area contributed by atoms with Crippen molar-refractivity contribution in [2.45, 2.75) is 58.1 Å². The number of halogens is 2. The Balaban J connectivity index is 0.00000264. The van der Waals surface area contributed by atoms with Gasteiger partial charge >= 0.3 is 123 Å². The summed E-state index contributed by atoms with van der Waals surface area (Å²) >= 11 is 0. The zero-order valence-electron chi connectivity index (χ0n) is 17.2. The molecule has 1 aromatic rings. The van der Waals surface area contributed by atoms with E-state index >= 15 is 0 Å². The third-order valence-electron chi connectivity index (χ3n) is 11.7. The number of allylic oxidation sites excluding steroid dienone is 4. The monoisotopic (exact) mass is 470 g/mol. The first-order valence-electron chi connectivity index (χ1n) is 8.81. The largest absolute Gasteiger partial charge is 0.147 e. The number of hydrogen-bond donors (Lipinski definition) is 1. The van der Waals surface area contributed by atoms with E-state index in [1.54, 1.807) is 3.28 Å². The summed E-state index contributed by atoms with van der Waals surface area (Å²) in [6.07, 6.45) is 10.1. The molecule has 1 N–H and O–H groups in total. The average Bonchev–Trinajstić information content (AvgIpc) is 2.89. The fraction of sp³-hybridized carbons (Fsp3) is 0.579. The van der Waals surface area contributed by atoms with Crippen LogP contribution >= 0.6 is 24.8 Å². The molecule has 1 aliphatic rings. The number of aromatic amines is 1. The minimum atomic E-state index is -5.93. The van der Waals surface area contributed by atoms with Gasteiger partial charge in [0.1, 0.15) is 0 Å². The molecule has 0 amide bonds. The third kappa shape index (κ3) is 1.72. The molecule has 0 unspecified atom stereocenters. The van der Waals surface area contributed by atoms with Crippen molar-refractivity contribution in [3.05, 3.63) is 39.8 Å². The Bertz CT molecular complexity index is 1010. The molecule has 0 aliphatic heterocycles. The first-order valence-corrected chi connectivity index (χ1v) is 33.2. The molecule has 0 spiro atoms. The van der Waals surface area contributed by atoms with Crippen LogP contribution in [0, 0.1) is 0 Å². The van der Waals surface area contributed by atoms with Crippen LogP contribution in [-0.4, -0.2) is 11.9 Å².